The van der Waals surface area contributed by atoms with E-state index >= 15 is 0 Å². The lowest BCUT2D eigenvalue weighted by Gasteiger charge is -2.52. The predicted octanol–water partition coefficient (Wildman–Crippen LogP) is 0.531. The quantitative estimate of drug-likeness (QED) is 0.730. The van der Waals surface area contributed by atoms with Gasteiger partial charge in [-0.1, -0.05) is 0 Å². The molecule has 0 radical (unpaired) electrons. The zero-order valence-electron chi connectivity index (χ0n) is 10.7. The van der Waals surface area contributed by atoms with E-state index in [0.717, 1.165) is 6.42 Å². The molecule has 1 aliphatic carbocycles. The highest BCUT2D eigenvalue weighted by Gasteiger charge is 2.57. The van der Waals surface area contributed by atoms with Gasteiger partial charge in [0, 0.05) is 6.54 Å². The van der Waals surface area contributed by atoms with Gasteiger partial charge >= 0.3 is 12.1 Å². The van der Waals surface area contributed by atoms with Crippen LogP contribution in [-0.4, -0.2) is 54.0 Å². The number of methoxy groups -OCH3 is 1. The Hall–Kier alpha value is -1.30. The second-order valence-electron chi connectivity index (χ2n) is 4.93. The number of nitrogens with zero attached hydrogens (tertiary/aromatic N) is 1. The monoisotopic (exact) mass is 257 g/mol. The molecule has 6 heteroatoms. The van der Waals surface area contributed by atoms with Crippen LogP contribution in [0.4, 0.5) is 4.79 Å². The summed E-state index contributed by atoms with van der Waals surface area (Å²) in [7, 11) is 1.25. The minimum atomic E-state index is -1.58. The van der Waals surface area contributed by atoms with E-state index in [9.17, 15) is 14.7 Å². The van der Waals surface area contributed by atoms with Gasteiger partial charge in [-0.2, -0.15) is 0 Å². The lowest BCUT2D eigenvalue weighted by molar-refractivity contribution is -0.185. The average Bonchev–Trinajstić information content (AvgIpc) is 2.38. The van der Waals surface area contributed by atoms with E-state index in [-0.39, 0.29) is 12.5 Å². The first-order valence-corrected chi connectivity index (χ1v) is 6.27. The van der Waals surface area contributed by atoms with Gasteiger partial charge in [0.2, 0.25) is 0 Å². The Morgan fingerprint density at radius 3 is 2.72 bits per heavy atom. The molecule has 0 aromatic carbocycles. The third kappa shape index (κ3) is 1.94. The second-order valence-corrected chi connectivity index (χ2v) is 4.93. The molecule has 3 rings (SSSR count). The Balaban J connectivity index is 2.21. The number of fused-ring (bicyclic) bond motifs is 3. The molecule has 3 unspecified atom stereocenters. The van der Waals surface area contributed by atoms with Crippen molar-refractivity contribution in [3.63, 3.8) is 0 Å². The predicted molar refractivity (Wildman–Crippen MR) is 61.8 cm³/mol. The summed E-state index contributed by atoms with van der Waals surface area (Å²) >= 11 is 0. The van der Waals surface area contributed by atoms with Crippen molar-refractivity contribution >= 4 is 12.1 Å². The number of amides is 1. The number of esters is 1. The van der Waals surface area contributed by atoms with Gasteiger partial charge < -0.3 is 19.5 Å². The molecule has 2 saturated heterocycles. The van der Waals surface area contributed by atoms with Crippen molar-refractivity contribution in [3.8, 4) is 0 Å². The summed E-state index contributed by atoms with van der Waals surface area (Å²) in [5.41, 5.74) is -1.58. The largest absolute Gasteiger partial charge is 0.467 e. The number of ether oxygens (including phenoxy) is 2. The minimum Gasteiger partial charge on any atom is -0.467 e. The summed E-state index contributed by atoms with van der Waals surface area (Å²) in [6, 6.07) is -0.533. The molecule has 6 nitrogen and oxygen atoms in total. The van der Waals surface area contributed by atoms with E-state index in [1.807, 2.05) is 0 Å². The summed E-state index contributed by atoms with van der Waals surface area (Å²) in [5, 5.41) is 10.5. The van der Waals surface area contributed by atoms with Crippen LogP contribution in [-0.2, 0) is 14.3 Å². The maximum atomic E-state index is 11.8. The second kappa shape index (κ2) is 4.76. The molecular weight excluding hydrogens is 238 g/mol. The van der Waals surface area contributed by atoms with Crippen molar-refractivity contribution < 1.29 is 24.2 Å². The van der Waals surface area contributed by atoms with E-state index < -0.39 is 23.7 Å². The maximum absolute atomic E-state index is 11.8. The summed E-state index contributed by atoms with van der Waals surface area (Å²) in [6.45, 7) is 2.55. The molecule has 1 amide bonds. The third-order valence-corrected chi connectivity index (χ3v) is 3.87. The fourth-order valence-electron chi connectivity index (χ4n) is 3.09. The molecular formula is C12H19NO5. The molecule has 2 heterocycles. The highest BCUT2D eigenvalue weighted by atomic mass is 16.6. The van der Waals surface area contributed by atoms with Crippen LogP contribution in [0.5, 0.6) is 0 Å². The summed E-state index contributed by atoms with van der Waals surface area (Å²) in [6.07, 6.45) is 1.42. The van der Waals surface area contributed by atoms with Crippen LogP contribution in [0.25, 0.3) is 0 Å². The van der Waals surface area contributed by atoms with Gasteiger partial charge in [-0.15, -0.1) is 0 Å². The van der Waals surface area contributed by atoms with Crippen molar-refractivity contribution in [1.29, 1.82) is 0 Å². The average molecular weight is 257 g/mol. The molecule has 3 atom stereocenters. The lowest BCUT2D eigenvalue weighted by atomic mass is 9.70. The van der Waals surface area contributed by atoms with Crippen molar-refractivity contribution in [3.05, 3.63) is 0 Å². The van der Waals surface area contributed by atoms with E-state index in [2.05, 4.69) is 4.74 Å². The smallest absolute Gasteiger partial charge is 0.410 e. The van der Waals surface area contributed by atoms with Crippen molar-refractivity contribution in [2.45, 2.75) is 37.8 Å². The Morgan fingerprint density at radius 2 is 2.17 bits per heavy atom. The SMILES string of the molecule is CCOC(=O)N1CC2CCC1C(O)(C(=O)OC)C2. The number of aliphatic hydroxyl groups is 1. The fraction of sp³-hybridized carbons (Fsp3) is 0.833. The minimum absolute atomic E-state index is 0.128. The number of rotatable bonds is 2. The molecule has 0 spiro atoms. The van der Waals surface area contributed by atoms with Crippen LogP contribution in [0.15, 0.2) is 0 Å². The number of piperidine rings is 2. The standard InChI is InChI=1S/C12H19NO5/c1-3-18-11(15)13-7-8-4-5-9(13)12(16,6-8)10(14)17-2/h8-9,16H,3-7H2,1-2H3. The zero-order valence-corrected chi connectivity index (χ0v) is 10.7. The molecule has 1 saturated carbocycles. The highest BCUT2D eigenvalue weighted by molar-refractivity contribution is 5.82. The molecule has 3 fully saturated rings. The van der Waals surface area contributed by atoms with E-state index in [1.165, 1.54) is 12.0 Å². The Morgan fingerprint density at radius 1 is 1.44 bits per heavy atom. The van der Waals surface area contributed by atoms with Gasteiger partial charge in [0.1, 0.15) is 0 Å². The van der Waals surface area contributed by atoms with E-state index in [0.29, 0.717) is 19.4 Å². The molecule has 0 aromatic rings. The van der Waals surface area contributed by atoms with Crippen LogP contribution in [0.3, 0.4) is 0 Å². The number of hydrogen-bond acceptors (Lipinski definition) is 5. The lowest BCUT2D eigenvalue weighted by Crippen LogP contribution is -2.67. The van der Waals surface area contributed by atoms with Gasteiger partial charge in [0.15, 0.2) is 5.60 Å². The fourth-order valence-corrected chi connectivity index (χ4v) is 3.09. The number of carbonyl (C=O) groups is 2. The van der Waals surface area contributed by atoms with Gasteiger partial charge in [-0.3, -0.25) is 0 Å². The van der Waals surface area contributed by atoms with E-state index in [1.54, 1.807) is 6.92 Å². The van der Waals surface area contributed by atoms with Crippen molar-refractivity contribution in [2.75, 3.05) is 20.3 Å². The highest BCUT2D eigenvalue weighted by Crippen LogP contribution is 2.42. The topological polar surface area (TPSA) is 76.1 Å². The normalized spacial score (nSPS) is 34.3. The van der Waals surface area contributed by atoms with Crippen LogP contribution in [0.1, 0.15) is 26.2 Å². The van der Waals surface area contributed by atoms with Crippen molar-refractivity contribution in [1.82, 2.24) is 4.90 Å². The Labute approximate surface area is 106 Å². The first-order chi connectivity index (χ1) is 8.52. The Bertz CT molecular complexity index is 358. The zero-order chi connectivity index (χ0) is 13.3. The van der Waals surface area contributed by atoms with Crippen LogP contribution >= 0.6 is 0 Å². The summed E-state index contributed by atoms with van der Waals surface area (Å²) in [4.78, 5) is 25.1. The molecule has 0 aromatic heterocycles. The third-order valence-electron chi connectivity index (χ3n) is 3.87. The molecule has 3 aliphatic rings. The molecule has 1 N–H and O–H groups in total. The summed E-state index contributed by atoms with van der Waals surface area (Å²) in [5.74, 6) is -0.533. The Kier molecular flexibility index (Phi) is 3.47. The first kappa shape index (κ1) is 13.1. The maximum Gasteiger partial charge on any atom is 0.410 e. The number of carbonyl (C=O) groups excluding carboxylic acids is 2. The first-order valence-electron chi connectivity index (χ1n) is 6.27. The van der Waals surface area contributed by atoms with Crippen molar-refractivity contribution in [2.24, 2.45) is 5.92 Å². The van der Waals surface area contributed by atoms with Gasteiger partial charge in [0.25, 0.3) is 0 Å². The molecule has 102 valence electrons. The van der Waals surface area contributed by atoms with Crippen LogP contribution < -0.4 is 0 Å². The van der Waals surface area contributed by atoms with E-state index in [4.69, 9.17) is 4.74 Å². The summed E-state index contributed by atoms with van der Waals surface area (Å²) < 4.78 is 9.63. The van der Waals surface area contributed by atoms with Crippen LogP contribution in [0, 0.1) is 5.92 Å². The van der Waals surface area contributed by atoms with Gasteiger partial charge in [-0.25, -0.2) is 9.59 Å². The molecule has 2 aliphatic heterocycles. The van der Waals surface area contributed by atoms with Crippen LogP contribution in [0.2, 0.25) is 0 Å². The molecule has 18 heavy (non-hydrogen) atoms. The number of hydrogen-bond donors (Lipinski definition) is 1. The molecule has 2 bridgehead atoms. The van der Waals surface area contributed by atoms with Gasteiger partial charge in [-0.05, 0) is 32.1 Å². The van der Waals surface area contributed by atoms with Gasteiger partial charge in [0.05, 0.1) is 19.8 Å².